The van der Waals surface area contributed by atoms with Gasteiger partial charge in [0.1, 0.15) is 21.7 Å². The molecule has 0 saturated carbocycles. The van der Waals surface area contributed by atoms with Gasteiger partial charge < -0.3 is 9.47 Å². The summed E-state index contributed by atoms with van der Waals surface area (Å²) in [6.45, 7) is 0. The highest BCUT2D eigenvalue weighted by Gasteiger charge is 2.16. The van der Waals surface area contributed by atoms with Gasteiger partial charge in [-0.2, -0.15) is 4.98 Å². The van der Waals surface area contributed by atoms with Crippen LogP contribution in [0, 0.1) is 0 Å². The summed E-state index contributed by atoms with van der Waals surface area (Å²) in [5, 5.41) is 9.34. The number of carbonyl (C=O) groups excluding carboxylic acids is 1. The minimum atomic E-state index is -0.393. The maximum atomic E-state index is 12.5. The van der Waals surface area contributed by atoms with Crippen LogP contribution in [0.4, 0.5) is 5.95 Å². The molecule has 0 spiro atoms. The second-order valence-electron chi connectivity index (χ2n) is 4.87. The first-order valence-corrected chi connectivity index (χ1v) is 7.98. The molecule has 1 amide bonds. The third-order valence-electron chi connectivity index (χ3n) is 3.33. The number of halogens is 1. The lowest BCUT2D eigenvalue weighted by Crippen LogP contribution is -2.13. The van der Waals surface area contributed by atoms with Crippen LogP contribution in [-0.2, 0) is 0 Å². The number of nitrogens with one attached hydrogen (secondary N) is 2. The lowest BCUT2D eigenvalue weighted by molar-refractivity contribution is 0.102. The molecule has 3 aromatic rings. The number of benzene rings is 1. The van der Waals surface area contributed by atoms with Gasteiger partial charge in [0.25, 0.3) is 5.91 Å². The van der Waals surface area contributed by atoms with Crippen LogP contribution in [0.25, 0.3) is 11.5 Å². The molecule has 0 aliphatic heterocycles. The maximum absolute atomic E-state index is 12.5. The smallest absolute Gasteiger partial charge is 0.258 e. The van der Waals surface area contributed by atoms with Crippen molar-refractivity contribution < 1.29 is 14.3 Å². The Balaban J connectivity index is 1.82. The number of hydrogen-bond acceptors (Lipinski definition) is 6. The topological polar surface area (TPSA) is 102 Å². The minimum Gasteiger partial charge on any atom is -0.495 e. The lowest BCUT2D eigenvalue weighted by atomic mass is 10.2. The predicted octanol–water partition coefficient (Wildman–Crippen LogP) is 2.90. The first-order chi connectivity index (χ1) is 12.1. The monoisotopic (exact) mass is 403 g/mol. The third kappa shape index (κ3) is 3.61. The summed E-state index contributed by atoms with van der Waals surface area (Å²) < 4.78 is 11.1. The first-order valence-electron chi connectivity index (χ1n) is 7.19. The van der Waals surface area contributed by atoms with Gasteiger partial charge in [0.15, 0.2) is 5.82 Å². The Kier molecular flexibility index (Phi) is 4.94. The Hall–Kier alpha value is -2.94. The molecular formula is C16H14BrN5O3. The average Bonchev–Trinajstić information content (AvgIpc) is 3.11. The zero-order valence-corrected chi connectivity index (χ0v) is 15.0. The molecule has 2 heterocycles. The highest BCUT2D eigenvalue weighted by atomic mass is 79.9. The van der Waals surface area contributed by atoms with E-state index in [9.17, 15) is 4.79 Å². The van der Waals surface area contributed by atoms with Gasteiger partial charge in [-0.3, -0.25) is 20.2 Å². The van der Waals surface area contributed by atoms with E-state index in [0.29, 0.717) is 33.1 Å². The van der Waals surface area contributed by atoms with Gasteiger partial charge in [0.2, 0.25) is 5.95 Å². The number of pyridine rings is 1. The molecule has 0 atom stereocenters. The van der Waals surface area contributed by atoms with E-state index < -0.39 is 5.91 Å². The van der Waals surface area contributed by atoms with E-state index in [-0.39, 0.29) is 5.95 Å². The Morgan fingerprint density at radius 3 is 2.52 bits per heavy atom. The summed E-state index contributed by atoms with van der Waals surface area (Å²) >= 11 is 3.36. The predicted molar refractivity (Wildman–Crippen MR) is 94.8 cm³/mol. The summed E-state index contributed by atoms with van der Waals surface area (Å²) in [5.74, 6) is 1.17. The molecule has 0 saturated heterocycles. The highest BCUT2D eigenvalue weighted by Crippen LogP contribution is 2.35. The number of rotatable bonds is 5. The zero-order chi connectivity index (χ0) is 17.8. The van der Waals surface area contributed by atoms with E-state index in [4.69, 9.17) is 9.47 Å². The van der Waals surface area contributed by atoms with Crippen LogP contribution >= 0.6 is 15.9 Å². The molecule has 9 heteroatoms. The second kappa shape index (κ2) is 7.31. The molecule has 2 aromatic heterocycles. The molecule has 0 radical (unpaired) electrons. The number of nitrogens with zero attached hydrogens (tertiary/aromatic N) is 3. The van der Waals surface area contributed by atoms with Gasteiger partial charge in [0, 0.05) is 11.8 Å². The van der Waals surface area contributed by atoms with E-state index in [1.165, 1.54) is 14.2 Å². The van der Waals surface area contributed by atoms with Gasteiger partial charge in [-0.25, -0.2) is 0 Å². The lowest BCUT2D eigenvalue weighted by Gasteiger charge is -2.10. The van der Waals surface area contributed by atoms with Crippen LogP contribution in [0.1, 0.15) is 10.4 Å². The fourth-order valence-corrected chi connectivity index (χ4v) is 2.66. The molecule has 0 unspecified atom stereocenters. The normalized spacial score (nSPS) is 10.4. The van der Waals surface area contributed by atoms with E-state index >= 15 is 0 Å². The second-order valence-corrected chi connectivity index (χ2v) is 5.66. The number of carbonyl (C=O) groups is 1. The van der Waals surface area contributed by atoms with Crippen molar-refractivity contribution in [2.45, 2.75) is 0 Å². The van der Waals surface area contributed by atoms with Crippen molar-refractivity contribution in [2.24, 2.45) is 0 Å². The number of aromatic amines is 1. The minimum absolute atomic E-state index is 0.145. The standard InChI is InChI=1S/C16H14BrN5O3/c1-24-11-7-9(8-12(25-2)13(11)17)15(23)20-16-19-14(21-22-16)10-5-3-4-6-18-10/h3-8H,1-2H3,(H2,19,20,21,22,23). The SMILES string of the molecule is COc1cc(C(=O)Nc2n[nH]c(-c3ccccn3)n2)cc(OC)c1Br. The molecule has 1 aromatic carbocycles. The molecule has 25 heavy (non-hydrogen) atoms. The van der Waals surface area contributed by atoms with Crippen molar-refractivity contribution >= 4 is 27.8 Å². The maximum Gasteiger partial charge on any atom is 0.258 e. The number of methoxy groups -OCH3 is 2. The van der Waals surface area contributed by atoms with Crippen molar-refractivity contribution in [3.63, 3.8) is 0 Å². The van der Waals surface area contributed by atoms with Gasteiger partial charge in [-0.1, -0.05) is 6.07 Å². The fourth-order valence-electron chi connectivity index (χ4n) is 2.11. The van der Waals surface area contributed by atoms with Crippen LogP contribution in [0.3, 0.4) is 0 Å². The van der Waals surface area contributed by atoms with Gasteiger partial charge in [-0.05, 0) is 40.2 Å². The van der Waals surface area contributed by atoms with E-state index in [0.717, 1.165) is 0 Å². The number of anilines is 1. The molecule has 0 aliphatic rings. The van der Waals surface area contributed by atoms with E-state index in [2.05, 4.69) is 41.4 Å². The summed E-state index contributed by atoms with van der Waals surface area (Å²) in [6, 6.07) is 8.61. The largest absolute Gasteiger partial charge is 0.495 e. The number of H-pyrrole nitrogens is 1. The number of amides is 1. The Labute approximate surface area is 151 Å². The van der Waals surface area contributed by atoms with Gasteiger partial charge >= 0.3 is 0 Å². The molecule has 2 N–H and O–H groups in total. The summed E-state index contributed by atoms with van der Waals surface area (Å²) in [7, 11) is 3.02. The third-order valence-corrected chi connectivity index (χ3v) is 4.11. The summed E-state index contributed by atoms with van der Waals surface area (Å²) in [4.78, 5) is 20.8. The van der Waals surface area contributed by atoms with Crippen molar-refractivity contribution in [3.05, 3.63) is 46.6 Å². The van der Waals surface area contributed by atoms with Crippen LogP contribution in [0.5, 0.6) is 11.5 Å². The molecule has 128 valence electrons. The molecule has 3 rings (SSSR count). The first kappa shape index (κ1) is 16.9. The van der Waals surface area contributed by atoms with Crippen LogP contribution in [0.15, 0.2) is 41.0 Å². The van der Waals surface area contributed by atoms with Crippen LogP contribution < -0.4 is 14.8 Å². The Morgan fingerprint density at radius 2 is 1.92 bits per heavy atom. The Bertz CT molecular complexity index is 873. The van der Waals surface area contributed by atoms with Gasteiger partial charge in [-0.15, -0.1) is 5.10 Å². The molecular weight excluding hydrogens is 390 g/mol. The molecule has 8 nitrogen and oxygen atoms in total. The van der Waals surface area contributed by atoms with Crippen molar-refractivity contribution in [1.29, 1.82) is 0 Å². The zero-order valence-electron chi connectivity index (χ0n) is 13.4. The van der Waals surface area contributed by atoms with Crippen LogP contribution in [-0.4, -0.2) is 40.3 Å². The van der Waals surface area contributed by atoms with E-state index in [1.807, 2.05) is 6.07 Å². The van der Waals surface area contributed by atoms with Gasteiger partial charge in [0.05, 0.1) is 14.2 Å². The molecule has 0 bridgehead atoms. The van der Waals surface area contributed by atoms with Crippen molar-refractivity contribution in [3.8, 4) is 23.0 Å². The fraction of sp³-hybridized carbons (Fsp3) is 0.125. The number of aromatic nitrogens is 4. The number of ether oxygens (including phenoxy) is 2. The van der Waals surface area contributed by atoms with Crippen molar-refractivity contribution in [2.75, 3.05) is 19.5 Å². The van der Waals surface area contributed by atoms with Crippen LogP contribution in [0.2, 0.25) is 0 Å². The quantitative estimate of drug-likeness (QED) is 0.678. The number of hydrogen-bond donors (Lipinski definition) is 2. The van der Waals surface area contributed by atoms with E-state index in [1.54, 1.807) is 30.5 Å². The average molecular weight is 404 g/mol. The van der Waals surface area contributed by atoms with Crippen molar-refractivity contribution in [1.82, 2.24) is 20.2 Å². The summed E-state index contributed by atoms with van der Waals surface area (Å²) in [5.41, 5.74) is 0.976. The Morgan fingerprint density at radius 1 is 1.20 bits per heavy atom. The molecule has 0 aliphatic carbocycles. The molecule has 0 fully saturated rings. The summed E-state index contributed by atoms with van der Waals surface area (Å²) in [6.07, 6.45) is 1.65. The highest BCUT2D eigenvalue weighted by molar-refractivity contribution is 9.10.